The second kappa shape index (κ2) is 11.0. The first-order chi connectivity index (χ1) is 17.9. The van der Waals surface area contributed by atoms with E-state index in [0.717, 1.165) is 49.9 Å². The van der Waals surface area contributed by atoms with Crippen LogP contribution in [0.2, 0.25) is 0 Å². The van der Waals surface area contributed by atoms with Crippen LogP contribution in [0.4, 0.5) is 20.2 Å². The number of halogens is 2. The number of nitrogens with zero attached hydrogens (tertiary/aromatic N) is 5. The van der Waals surface area contributed by atoms with Crippen molar-refractivity contribution in [1.82, 2.24) is 15.0 Å². The van der Waals surface area contributed by atoms with Crippen molar-refractivity contribution >= 4 is 11.4 Å². The topological polar surface area (TPSA) is 74.6 Å². The van der Waals surface area contributed by atoms with Gasteiger partial charge in [0.05, 0.1) is 36.7 Å². The molecule has 0 unspecified atom stereocenters. The number of anilines is 2. The van der Waals surface area contributed by atoms with Crippen molar-refractivity contribution in [3.8, 4) is 17.0 Å². The highest BCUT2D eigenvalue weighted by Crippen LogP contribution is 2.39. The molecule has 0 saturated carbocycles. The fraction of sp³-hybridized carbons (Fsp3) is 0.464. The number of ether oxygens (including phenoxy) is 1. The van der Waals surface area contributed by atoms with Crippen molar-refractivity contribution in [3.05, 3.63) is 59.8 Å². The number of aromatic nitrogens is 3. The molecule has 1 N–H and O–H groups in total. The molecule has 2 aromatic heterocycles. The van der Waals surface area contributed by atoms with E-state index in [1.165, 1.54) is 6.07 Å². The van der Waals surface area contributed by atoms with Gasteiger partial charge in [-0.05, 0) is 63.3 Å². The van der Waals surface area contributed by atoms with Crippen molar-refractivity contribution in [2.45, 2.75) is 45.6 Å². The molecule has 1 fully saturated rings. The molecule has 1 aromatic carbocycles. The smallest absolute Gasteiger partial charge is 0.178 e. The zero-order valence-corrected chi connectivity index (χ0v) is 21.3. The summed E-state index contributed by atoms with van der Waals surface area (Å²) in [6.45, 7) is 7.25. The minimum absolute atomic E-state index is 0.0587. The van der Waals surface area contributed by atoms with Gasteiger partial charge >= 0.3 is 0 Å². The Morgan fingerprint density at radius 1 is 1.05 bits per heavy atom. The Balaban J connectivity index is 1.34. The molecule has 2 aliphatic rings. The lowest BCUT2D eigenvalue weighted by atomic mass is 9.94. The average Bonchev–Trinajstić information content (AvgIpc) is 2.90. The van der Waals surface area contributed by atoms with Crippen LogP contribution in [0, 0.1) is 17.6 Å². The van der Waals surface area contributed by atoms with Gasteiger partial charge in [-0.3, -0.25) is 4.98 Å². The first kappa shape index (κ1) is 25.3. The van der Waals surface area contributed by atoms with Crippen molar-refractivity contribution in [2.24, 2.45) is 5.92 Å². The van der Waals surface area contributed by atoms with Crippen LogP contribution in [0.3, 0.4) is 0 Å². The Labute approximate surface area is 216 Å². The summed E-state index contributed by atoms with van der Waals surface area (Å²) in [4.78, 5) is 17.6. The minimum Gasteiger partial charge on any atom is -0.486 e. The predicted octanol–water partition coefficient (Wildman–Crippen LogP) is 4.61. The summed E-state index contributed by atoms with van der Waals surface area (Å²) < 4.78 is 35.3. The molecule has 0 radical (unpaired) electrons. The monoisotopic (exact) mass is 509 g/mol. The molecule has 3 aromatic rings. The van der Waals surface area contributed by atoms with Crippen molar-refractivity contribution in [3.63, 3.8) is 0 Å². The molecular formula is C28H33F2N5O2. The molecule has 2 aliphatic heterocycles. The molecule has 9 heteroatoms. The molecule has 4 heterocycles. The lowest BCUT2D eigenvalue weighted by Gasteiger charge is -2.34. The number of piperidine rings is 1. The lowest BCUT2D eigenvalue weighted by molar-refractivity contribution is 0.240. The SMILES string of the molecule is CC(C)N1CCOc2c(F)cc(-c3nc(Cc4ccc(N5CCC(CCO)CC5)cn4)ncc3F)cc21. The van der Waals surface area contributed by atoms with Gasteiger partial charge in [0.2, 0.25) is 0 Å². The van der Waals surface area contributed by atoms with E-state index in [1.807, 2.05) is 37.1 Å². The molecule has 0 spiro atoms. The second-order valence-electron chi connectivity index (χ2n) is 10.1. The molecule has 0 bridgehead atoms. The Kier molecular flexibility index (Phi) is 7.50. The van der Waals surface area contributed by atoms with Gasteiger partial charge in [0.1, 0.15) is 18.1 Å². The first-order valence-corrected chi connectivity index (χ1v) is 13.0. The van der Waals surface area contributed by atoms with Crippen LogP contribution in [-0.2, 0) is 6.42 Å². The van der Waals surface area contributed by atoms with Gasteiger partial charge in [-0.25, -0.2) is 18.7 Å². The Bertz CT molecular complexity index is 1230. The maximum atomic E-state index is 14.9. The van der Waals surface area contributed by atoms with Gasteiger partial charge in [-0.15, -0.1) is 0 Å². The molecular weight excluding hydrogens is 476 g/mol. The average molecular weight is 510 g/mol. The number of aliphatic hydroxyl groups excluding tert-OH is 1. The molecule has 7 nitrogen and oxygen atoms in total. The van der Waals surface area contributed by atoms with E-state index in [-0.39, 0.29) is 24.1 Å². The molecule has 0 aliphatic carbocycles. The lowest BCUT2D eigenvalue weighted by Crippen LogP contribution is -2.38. The summed E-state index contributed by atoms with van der Waals surface area (Å²) in [5.41, 5.74) is 2.85. The van der Waals surface area contributed by atoms with Crippen LogP contribution in [0.15, 0.2) is 36.7 Å². The van der Waals surface area contributed by atoms with Crippen molar-refractivity contribution < 1.29 is 18.6 Å². The number of aliphatic hydroxyl groups is 1. The van der Waals surface area contributed by atoms with E-state index in [1.54, 1.807) is 6.07 Å². The number of pyridine rings is 1. The van der Waals surface area contributed by atoms with Crippen LogP contribution in [-0.4, -0.2) is 58.9 Å². The summed E-state index contributed by atoms with van der Waals surface area (Å²) in [5, 5.41) is 9.16. The Morgan fingerprint density at radius 2 is 1.86 bits per heavy atom. The largest absolute Gasteiger partial charge is 0.486 e. The Hall–Kier alpha value is -3.33. The van der Waals surface area contributed by atoms with Gasteiger partial charge in [0, 0.05) is 37.0 Å². The number of rotatable bonds is 7. The molecule has 196 valence electrons. The van der Waals surface area contributed by atoms with Crippen LogP contribution in [0.5, 0.6) is 5.75 Å². The number of hydrogen-bond donors (Lipinski definition) is 1. The van der Waals surface area contributed by atoms with Crippen LogP contribution in [0.25, 0.3) is 11.3 Å². The third-order valence-corrected chi connectivity index (χ3v) is 7.27. The van der Waals surface area contributed by atoms with E-state index < -0.39 is 11.6 Å². The van der Waals surface area contributed by atoms with E-state index in [2.05, 4.69) is 19.9 Å². The highest BCUT2D eigenvalue weighted by Gasteiger charge is 2.26. The third-order valence-electron chi connectivity index (χ3n) is 7.27. The summed E-state index contributed by atoms with van der Waals surface area (Å²) in [6, 6.07) is 7.14. The second-order valence-corrected chi connectivity index (χ2v) is 10.1. The van der Waals surface area contributed by atoms with Gasteiger partial charge in [-0.2, -0.15) is 0 Å². The Morgan fingerprint density at radius 3 is 2.57 bits per heavy atom. The number of benzene rings is 1. The zero-order valence-electron chi connectivity index (χ0n) is 21.3. The van der Waals surface area contributed by atoms with Gasteiger partial charge < -0.3 is 19.6 Å². The fourth-order valence-corrected chi connectivity index (χ4v) is 5.20. The summed E-state index contributed by atoms with van der Waals surface area (Å²) in [6.07, 6.45) is 6.33. The summed E-state index contributed by atoms with van der Waals surface area (Å²) in [7, 11) is 0. The summed E-state index contributed by atoms with van der Waals surface area (Å²) >= 11 is 0. The van der Waals surface area contributed by atoms with E-state index in [9.17, 15) is 8.78 Å². The van der Waals surface area contributed by atoms with E-state index >= 15 is 0 Å². The van der Waals surface area contributed by atoms with E-state index in [4.69, 9.17) is 9.84 Å². The highest BCUT2D eigenvalue weighted by atomic mass is 19.1. The van der Waals surface area contributed by atoms with Crippen LogP contribution in [0.1, 0.15) is 44.6 Å². The van der Waals surface area contributed by atoms with Crippen molar-refractivity contribution in [1.29, 1.82) is 0 Å². The fourth-order valence-electron chi connectivity index (χ4n) is 5.20. The van der Waals surface area contributed by atoms with Gasteiger partial charge in [0.25, 0.3) is 0 Å². The zero-order chi connectivity index (χ0) is 25.9. The molecule has 0 atom stereocenters. The molecule has 1 saturated heterocycles. The quantitative estimate of drug-likeness (QED) is 0.498. The number of hydrogen-bond acceptors (Lipinski definition) is 7. The molecule has 5 rings (SSSR count). The maximum absolute atomic E-state index is 14.9. The minimum atomic E-state index is -0.608. The molecule has 37 heavy (non-hydrogen) atoms. The van der Waals surface area contributed by atoms with Crippen LogP contribution >= 0.6 is 0 Å². The maximum Gasteiger partial charge on any atom is 0.178 e. The summed E-state index contributed by atoms with van der Waals surface area (Å²) in [5.74, 6) is 0.0543. The van der Waals surface area contributed by atoms with Gasteiger partial charge in [-0.1, -0.05) is 0 Å². The van der Waals surface area contributed by atoms with Crippen LogP contribution < -0.4 is 14.5 Å². The van der Waals surface area contributed by atoms with Crippen molar-refractivity contribution in [2.75, 3.05) is 42.6 Å². The van der Waals surface area contributed by atoms with Gasteiger partial charge in [0.15, 0.2) is 17.4 Å². The normalized spacial score (nSPS) is 16.2. The third kappa shape index (κ3) is 5.51. The highest BCUT2D eigenvalue weighted by molar-refractivity contribution is 5.72. The standard InChI is InChI=1S/C28H33F2N5O2/c1-18(2)35-10-12-37-28-23(29)13-20(14-25(28)35)27-24(30)17-32-26(33-27)15-21-3-4-22(16-31-21)34-8-5-19(6-9-34)7-11-36/h3-4,13-14,16-19,36H,5-12,15H2,1-2H3. The first-order valence-electron chi connectivity index (χ1n) is 13.0. The predicted molar refractivity (Wildman–Crippen MR) is 139 cm³/mol. The molecule has 0 amide bonds. The van der Waals surface area contributed by atoms with E-state index in [0.29, 0.717) is 42.6 Å². The number of fused-ring (bicyclic) bond motifs is 1.